The number of aliphatic hydroxyl groups is 1. The van der Waals surface area contributed by atoms with Crippen LogP contribution in [0.2, 0.25) is 0 Å². The van der Waals surface area contributed by atoms with Crippen molar-refractivity contribution in [1.82, 2.24) is 5.32 Å². The van der Waals surface area contributed by atoms with Gasteiger partial charge in [-0.05, 0) is 103 Å². The second-order valence-electron chi connectivity index (χ2n) is 17.3. The van der Waals surface area contributed by atoms with Crippen molar-refractivity contribution < 1.29 is 24.3 Å². The molecule has 0 aromatic carbocycles. The van der Waals surface area contributed by atoms with E-state index in [2.05, 4.69) is 46.9 Å². The van der Waals surface area contributed by atoms with Crippen LogP contribution in [0.25, 0.3) is 0 Å². The van der Waals surface area contributed by atoms with Gasteiger partial charge in [0.2, 0.25) is 17.5 Å². The minimum Gasteiger partial charge on any atom is -0.369 e. The van der Waals surface area contributed by atoms with Crippen LogP contribution in [0.4, 0.5) is 0 Å². The van der Waals surface area contributed by atoms with Crippen molar-refractivity contribution >= 4 is 23.4 Å². The number of nitrogens with two attached hydrogens (primary N) is 1. The highest BCUT2D eigenvalue weighted by Crippen LogP contribution is 2.75. The van der Waals surface area contributed by atoms with Gasteiger partial charge < -0.3 is 16.2 Å². The highest BCUT2D eigenvalue weighted by atomic mass is 16.3. The van der Waals surface area contributed by atoms with Gasteiger partial charge in [-0.3, -0.25) is 19.2 Å². The second-order valence-corrected chi connectivity index (χ2v) is 17.3. The molecule has 0 radical (unpaired) electrons. The van der Waals surface area contributed by atoms with E-state index in [1.54, 1.807) is 0 Å². The highest BCUT2D eigenvalue weighted by molar-refractivity contribution is 5.98. The van der Waals surface area contributed by atoms with Crippen molar-refractivity contribution in [1.29, 1.82) is 0 Å². The average Bonchev–Trinajstić information content (AvgIpc) is 2.88. The normalized spacial score (nSPS) is 51.7. The molecule has 4 N–H and O–H groups in total. The van der Waals surface area contributed by atoms with Gasteiger partial charge in [0, 0.05) is 30.1 Å². The zero-order valence-corrected chi connectivity index (χ0v) is 26.8. The molecule has 0 spiro atoms. The first kappa shape index (κ1) is 30.0. The van der Waals surface area contributed by atoms with E-state index in [0.29, 0.717) is 12.8 Å². The van der Waals surface area contributed by atoms with E-state index in [4.69, 9.17) is 5.73 Å². The van der Waals surface area contributed by atoms with Gasteiger partial charge in [-0.15, -0.1) is 0 Å². The molecule has 2 amide bonds. The predicted molar refractivity (Wildman–Crippen MR) is 159 cm³/mol. The molecule has 7 nitrogen and oxygen atoms in total. The van der Waals surface area contributed by atoms with Crippen LogP contribution in [0, 0.1) is 56.2 Å². The number of hydrogen-bond acceptors (Lipinski definition) is 5. The summed E-state index contributed by atoms with van der Waals surface area (Å²) in [5.41, 5.74) is 3.70. The summed E-state index contributed by atoms with van der Waals surface area (Å²) in [5.74, 6) is -0.886. The molecule has 5 aliphatic carbocycles. The number of carbonyl (C=O) groups is 4. The van der Waals surface area contributed by atoms with Crippen LogP contribution in [0.15, 0.2) is 11.6 Å². The highest BCUT2D eigenvalue weighted by Gasteiger charge is 2.71. The number of hydrogen-bond donors (Lipinski definition) is 3. The van der Waals surface area contributed by atoms with Crippen molar-refractivity contribution in [2.75, 3.05) is 0 Å². The lowest BCUT2D eigenvalue weighted by atomic mass is 9.32. The first-order chi connectivity index (χ1) is 19.3. The van der Waals surface area contributed by atoms with Gasteiger partial charge in [0.25, 0.3) is 0 Å². The molecule has 2 unspecified atom stereocenters. The van der Waals surface area contributed by atoms with E-state index >= 15 is 0 Å². The van der Waals surface area contributed by atoms with E-state index in [9.17, 15) is 24.3 Å². The Morgan fingerprint density at radius 3 is 2.19 bits per heavy atom. The quantitative estimate of drug-likeness (QED) is 0.412. The zero-order chi connectivity index (χ0) is 30.9. The maximum atomic E-state index is 14.6. The molecule has 5 fully saturated rings. The number of nitrogens with one attached hydrogen (secondary N) is 1. The lowest BCUT2D eigenvalue weighted by Gasteiger charge is -2.71. The minimum atomic E-state index is -1.85. The first-order valence-corrected chi connectivity index (χ1v) is 16.4. The third-order valence-corrected chi connectivity index (χ3v) is 15.0. The van der Waals surface area contributed by atoms with Gasteiger partial charge in [-0.25, -0.2) is 0 Å². The Labute approximate surface area is 251 Å². The summed E-state index contributed by atoms with van der Waals surface area (Å²) in [4.78, 5) is 52.6. The summed E-state index contributed by atoms with van der Waals surface area (Å²) in [6.07, 6.45) is 9.87. The number of carbonyl (C=O) groups excluding carboxylic acids is 4. The van der Waals surface area contributed by atoms with Crippen LogP contribution in [0.1, 0.15) is 119 Å². The Hall–Kier alpha value is -2.02. The summed E-state index contributed by atoms with van der Waals surface area (Å²) in [5, 5.41) is 14.4. The zero-order valence-electron chi connectivity index (χ0n) is 26.8. The Balaban J connectivity index is 1.40. The molecule has 0 aromatic rings. The van der Waals surface area contributed by atoms with E-state index < -0.39 is 22.5 Å². The Kier molecular flexibility index (Phi) is 6.28. The molecular formula is C35H52N2O5. The standard InChI is InChI=1S/C35H52N2O5/c1-29(2)23-11-13-34(7)27(32(23,5)12-10-24(29)35(42)25(39)8-9-26(40)37-35)22(38)18-20-21-19-31(4,28(36)41)15-14-30(21,3)16-17-33(20,34)6/h18,21,23-24,27,42H,8-17,19H2,1-7H3,(H2,36,41)(H,37,40)/t21-,23?,24-,27+,30+,31-,32-,33+,34+,35?/m0/s1. The smallest absolute Gasteiger partial charge is 0.223 e. The number of rotatable bonds is 2. The van der Waals surface area contributed by atoms with Crippen LogP contribution < -0.4 is 11.1 Å². The van der Waals surface area contributed by atoms with Crippen LogP contribution >= 0.6 is 0 Å². The summed E-state index contributed by atoms with van der Waals surface area (Å²) >= 11 is 0. The lowest BCUT2D eigenvalue weighted by Crippen LogP contribution is -2.71. The van der Waals surface area contributed by atoms with Gasteiger partial charge in [0.1, 0.15) is 0 Å². The SMILES string of the molecule is CC1(C)C2CC[C@]3(C)[C@H](C(=O)C=C4[C@@H]5C[C@@](C)(C(N)=O)CC[C@]5(C)CC[C@]43C)[C@@]2(C)CC[C@@H]1C1(O)NC(=O)CCC1=O. The number of allylic oxidation sites excluding steroid dienone is 2. The molecule has 6 aliphatic rings. The van der Waals surface area contributed by atoms with Crippen LogP contribution in [-0.2, 0) is 19.2 Å². The molecule has 1 heterocycles. The number of amides is 2. The second kappa shape index (κ2) is 8.79. The monoisotopic (exact) mass is 580 g/mol. The maximum Gasteiger partial charge on any atom is 0.223 e. The predicted octanol–water partition coefficient (Wildman–Crippen LogP) is 5.24. The molecule has 6 rings (SSSR count). The Morgan fingerprint density at radius 1 is 0.881 bits per heavy atom. The molecule has 1 saturated heterocycles. The Morgan fingerprint density at radius 2 is 1.52 bits per heavy atom. The fraction of sp³-hybridized carbons (Fsp3) is 0.829. The van der Waals surface area contributed by atoms with E-state index in [1.165, 1.54) is 5.57 Å². The number of primary amides is 1. The Bertz CT molecular complexity index is 1300. The number of ketones is 2. The van der Waals surface area contributed by atoms with Crippen LogP contribution in [-0.4, -0.2) is 34.2 Å². The molecule has 4 saturated carbocycles. The summed E-state index contributed by atoms with van der Waals surface area (Å²) in [6.45, 7) is 15.7. The maximum absolute atomic E-state index is 14.6. The average molecular weight is 581 g/mol. The fourth-order valence-electron chi connectivity index (χ4n) is 12.2. The molecular weight excluding hydrogens is 528 g/mol. The van der Waals surface area contributed by atoms with Crippen molar-refractivity contribution in [2.45, 2.75) is 125 Å². The molecule has 10 atom stereocenters. The van der Waals surface area contributed by atoms with Crippen LogP contribution in [0.3, 0.4) is 0 Å². The molecule has 0 aromatic heterocycles. The number of fused-ring (bicyclic) bond motifs is 7. The van der Waals surface area contributed by atoms with Gasteiger partial charge in [-0.2, -0.15) is 0 Å². The minimum absolute atomic E-state index is 0.0663. The van der Waals surface area contributed by atoms with Crippen molar-refractivity contribution in [3.05, 3.63) is 11.6 Å². The van der Waals surface area contributed by atoms with Crippen molar-refractivity contribution in [2.24, 2.45) is 61.9 Å². The van der Waals surface area contributed by atoms with E-state index in [1.807, 2.05) is 13.0 Å². The molecule has 0 bridgehead atoms. The number of piperidine rings is 1. The lowest BCUT2D eigenvalue weighted by molar-refractivity contribution is -0.218. The molecule has 1 aliphatic heterocycles. The first-order valence-electron chi connectivity index (χ1n) is 16.4. The van der Waals surface area contributed by atoms with Gasteiger partial charge in [-0.1, -0.05) is 54.0 Å². The van der Waals surface area contributed by atoms with Gasteiger partial charge in [0.15, 0.2) is 11.6 Å². The number of Topliss-reactive ketones (excluding diaryl/α,β-unsaturated/α-hetero) is 1. The molecule has 7 heteroatoms. The summed E-state index contributed by atoms with van der Waals surface area (Å²) < 4.78 is 0. The van der Waals surface area contributed by atoms with Crippen molar-refractivity contribution in [3.63, 3.8) is 0 Å². The van der Waals surface area contributed by atoms with E-state index in [-0.39, 0.29) is 75.6 Å². The topological polar surface area (TPSA) is 127 Å². The molecule has 42 heavy (non-hydrogen) atoms. The third-order valence-electron chi connectivity index (χ3n) is 15.0. The van der Waals surface area contributed by atoms with Gasteiger partial charge in [0.05, 0.1) is 0 Å². The van der Waals surface area contributed by atoms with Crippen LogP contribution in [0.5, 0.6) is 0 Å². The van der Waals surface area contributed by atoms with Gasteiger partial charge >= 0.3 is 0 Å². The fourth-order valence-corrected chi connectivity index (χ4v) is 12.2. The molecule has 232 valence electrons. The third kappa shape index (κ3) is 3.61. The van der Waals surface area contributed by atoms with E-state index in [0.717, 1.165) is 44.9 Å². The summed E-state index contributed by atoms with van der Waals surface area (Å²) in [7, 11) is 0. The largest absolute Gasteiger partial charge is 0.369 e. The summed E-state index contributed by atoms with van der Waals surface area (Å²) in [6, 6.07) is 0. The van der Waals surface area contributed by atoms with Crippen molar-refractivity contribution in [3.8, 4) is 0 Å².